The molecule has 1 aromatic heterocycles. The summed E-state index contributed by atoms with van der Waals surface area (Å²) >= 11 is 7.77. The van der Waals surface area contributed by atoms with E-state index in [0.717, 1.165) is 55.0 Å². The van der Waals surface area contributed by atoms with Gasteiger partial charge in [-0.25, -0.2) is 0 Å². The molecular weight excluding hydrogens is 788 g/mol. The quantitative estimate of drug-likeness (QED) is 0.103. The zero-order chi connectivity index (χ0) is 42.0. The Morgan fingerprint density at radius 2 is 1.11 bits per heavy atom. The third-order valence-corrected chi connectivity index (χ3v) is 11.3. The molecule has 2 aliphatic rings. The van der Waals surface area contributed by atoms with Crippen LogP contribution in [0.1, 0.15) is 106 Å². The highest BCUT2D eigenvalue weighted by Crippen LogP contribution is 2.39. The van der Waals surface area contributed by atoms with Gasteiger partial charge in [-0.3, -0.25) is 14.4 Å². The van der Waals surface area contributed by atoms with E-state index in [1.807, 2.05) is 29.6 Å². The third-order valence-electron chi connectivity index (χ3n) is 9.68. The first kappa shape index (κ1) is 44.5. The number of fused-ring (bicyclic) bond motifs is 1. The summed E-state index contributed by atoms with van der Waals surface area (Å²) in [7, 11) is 0. The highest BCUT2D eigenvalue weighted by atomic mass is 35.5. The van der Waals surface area contributed by atoms with E-state index in [1.54, 1.807) is 0 Å². The maximum atomic E-state index is 13.1. The number of hydrogen-bond acceptors (Lipinski definition) is 4. The lowest BCUT2D eigenvalue weighted by Crippen LogP contribution is -2.49. The molecule has 3 amide bonds. The molecule has 300 valence electrons. The number of hydrogen-bond donors (Lipinski definition) is 3. The minimum absolute atomic E-state index is 0.0412. The number of rotatable bonds is 6. The number of thiophene rings is 1. The SMILES string of the molecule is C#CC1(NC(=O)c2ccccc2C(=O)Nc2cc(C(F)(F)F)cc(C(F)(F)F)c2)CCCCC1.C#CC1(NC(=O)c2sc3ccccc3c2Cl)CCCCC1.C=C. The molecule has 0 atom stereocenters. The fraction of sp³-hybridized carbons (Fsp3) is 0.326. The van der Waals surface area contributed by atoms with E-state index in [0.29, 0.717) is 34.9 Å². The lowest BCUT2D eigenvalue weighted by Gasteiger charge is -2.33. The van der Waals surface area contributed by atoms with Gasteiger partial charge in [0.25, 0.3) is 17.7 Å². The molecule has 14 heteroatoms. The molecule has 2 fully saturated rings. The summed E-state index contributed by atoms with van der Waals surface area (Å²) in [6.45, 7) is 6.00. The van der Waals surface area contributed by atoms with E-state index in [-0.39, 0.29) is 23.1 Å². The number of halogens is 7. The van der Waals surface area contributed by atoms with Gasteiger partial charge in [0.2, 0.25) is 0 Å². The molecule has 0 saturated heterocycles. The van der Waals surface area contributed by atoms with Crippen molar-refractivity contribution in [3.63, 3.8) is 0 Å². The molecular formula is C43H40ClF6N3O3S. The van der Waals surface area contributed by atoms with E-state index in [4.69, 9.17) is 24.4 Å². The van der Waals surface area contributed by atoms with Gasteiger partial charge in [-0.05, 0) is 62.1 Å². The van der Waals surface area contributed by atoms with Gasteiger partial charge >= 0.3 is 12.4 Å². The van der Waals surface area contributed by atoms with E-state index < -0.39 is 52.1 Å². The van der Waals surface area contributed by atoms with E-state index >= 15 is 0 Å². The first-order chi connectivity index (χ1) is 27.0. The summed E-state index contributed by atoms with van der Waals surface area (Å²) in [5.41, 5.74) is -5.59. The number of alkyl halides is 6. The molecule has 1 heterocycles. The predicted octanol–water partition coefficient (Wildman–Crippen LogP) is 11.5. The molecule has 4 aromatic rings. The van der Waals surface area contributed by atoms with E-state index in [2.05, 4.69) is 35.6 Å². The van der Waals surface area contributed by atoms with Crippen molar-refractivity contribution in [2.24, 2.45) is 0 Å². The molecule has 6 rings (SSSR count). The van der Waals surface area contributed by atoms with Crippen molar-refractivity contribution in [1.82, 2.24) is 10.6 Å². The predicted molar refractivity (Wildman–Crippen MR) is 213 cm³/mol. The number of carbonyl (C=O) groups is 3. The number of carbonyl (C=O) groups excluding carboxylic acids is 3. The largest absolute Gasteiger partial charge is 0.416 e. The lowest BCUT2D eigenvalue weighted by molar-refractivity contribution is -0.143. The van der Waals surface area contributed by atoms with Gasteiger partial charge in [-0.15, -0.1) is 37.3 Å². The second kappa shape index (κ2) is 18.8. The van der Waals surface area contributed by atoms with E-state index in [9.17, 15) is 40.7 Å². The van der Waals surface area contributed by atoms with Crippen molar-refractivity contribution < 1.29 is 40.7 Å². The van der Waals surface area contributed by atoms with Gasteiger partial charge in [0.15, 0.2) is 0 Å². The number of benzene rings is 3. The van der Waals surface area contributed by atoms with Crippen molar-refractivity contribution in [3.8, 4) is 24.7 Å². The standard InChI is InChI=1S/C24H20F6N2O2.C17H16ClNOS.C2H4/c1-2-22(10-6-3-7-11-22)32-21(34)19-9-5-4-8-18(19)20(33)31-17-13-15(23(25,26)27)12-16(14-17)24(28,29)30;1-2-17(10-6-3-7-11-17)19-16(20)15-14(18)12-8-4-5-9-13(12)21-15;1-2/h1,4-5,8-9,12-14H,3,6-7,10-11H2,(H,31,33)(H,32,34);1,4-5,8-9H,3,6-7,10-11H2,(H,19,20);1-2H2. The highest BCUT2D eigenvalue weighted by Gasteiger charge is 2.38. The van der Waals surface area contributed by atoms with Gasteiger partial charge in [-0.1, -0.05) is 92.3 Å². The Bertz CT molecular complexity index is 2140. The third kappa shape index (κ3) is 11.0. The summed E-state index contributed by atoms with van der Waals surface area (Å²) in [5.74, 6) is 3.54. The lowest BCUT2D eigenvalue weighted by atomic mass is 9.82. The summed E-state index contributed by atoms with van der Waals surface area (Å²) in [4.78, 5) is 38.9. The fourth-order valence-corrected chi connectivity index (χ4v) is 8.16. The molecule has 2 saturated carbocycles. The number of amides is 3. The maximum Gasteiger partial charge on any atom is 0.416 e. The molecule has 57 heavy (non-hydrogen) atoms. The van der Waals surface area contributed by atoms with Crippen LogP contribution in [-0.2, 0) is 12.4 Å². The topological polar surface area (TPSA) is 87.3 Å². The average molecular weight is 828 g/mol. The molecule has 2 aliphatic carbocycles. The van der Waals surface area contributed by atoms with Crippen molar-refractivity contribution in [2.75, 3.05) is 5.32 Å². The molecule has 3 aromatic carbocycles. The van der Waals surface area contributed by atoms with E-state index in [1.165, 1.54) is 42.0 Å². The first-order valence-corrected chi connectivity index (χ1v) is 19.2. The van der Waals surface area contributed by atoms with Crippen LogP contribution in [0.25, 0.3) is 10.1 Å². The van der Waals surface area contributed by atoms with Crippen LogP contribution in [0.15, 0.2) is 79.9 Å². The average Bonchev–Trinajstić information content (AvgIpc) is 3.55. The second-order valence-corrected chi connectivity index (χ2v) is 14.9. The van der Waals surface area contributed by atoms with Crippen LogP contribution in [0.4, 0.5) is 32.0 Å². The minimum Gasteiger partial charge on any atom is -0.336 e. The monoisotopic (exact) mass is 827 g/mol. The normalized spacial score (nSPS) is 15.9. The molecule has 0 aliphatic heterocycles. The zero-order valence-electron chi connectivity index (χ0n) is 30.8. The summed E-state index contributed by atoms with van der Waals surface area (Å²) < 4.78 is 79.7. The molecule has 6 nitrogen and oxygen atoms in total. The minimum atomic E-state index is -5.07. The first-order valence-electron chi connectivity index (χ1n) is 18.0. The molecule has 0 unspecified atom stereocenters. The summed E-state index contributed by atoms with van der Waals surface area (Å²) in [6.07, 6.45) is 9.86. The number of nitrogens with one attached hydrogen (secondary N) is 3. The van der Waals surface area contributed by atoms with Crippen LogP contribution in [0.2, 0.25) is 5.02 Å². The van der Waals surface area contributed by atoms with Crippen LogP contribution in [0, 0.1) is 24.7 Å². The Morgan fingerprint density at radius 3 is 1.56 bits per heavy atom. The van der Waals surface area contributed by atoms with Crippen LogP contribution in [-0.4, -0.2) is 28.8 Å². The van der Waals surface area contributed by atoms with Gasteiger partial charge in [-0.2, -0.15) is 26.3 Å². The Morgan fingerprint density at radius 1 is 0.667 bits per heavy atom. The van der Waals surface area contributed by atoms with Gasteiger partial charge in [0.05, 0.1) is 27.3 Å². The fourth-order valence-electron chi connectivity index (χ4n) is 6.74. The van der Waals surface area contributed by atoms with Crippen molar-refractivity contribution in [2.45, 2.75) is 87.6 Å². The Kier molecular flexibility index (Phi) is 14.7. The number of anilines is 1. The molecule has 0 radical (unpaired) electrons. The molecule has 0 spiro atoms. The number of terminal acetylenes is 2. The Labute approximate surface area is 336 Å². The Balaban J connectivity index is 0.000000267. The smallest absolute Gasteiger partial charge is 0.336 e. The molecule has 0 bridgehead atoms. The second-order valence-electron chi connectivity index (χ2n) is 13.5. The van der Waals surface area contributed by atoms with Gasteiger partial charge in [0, 0.05) is 15.8 Å². The Hall–Kier alpha value is -5.24. The molecule has 3 N–H and O–H groups in total. The highest BCUT2D eigenvalue weighted by molar-refractivity contribution is 7.21. The van der Waals surface area contributed by atoms with Crippen molar-refractivity contribution >= 4 is 56.4 Å². The van der Waals surface area contributed by atoms with Crippen LogP contribution in [0.5, 0.6) is 0 Å². The van der Waals surface area contributed by atoms with Gasteiger partial charge < -0.3 is 16.0 Å². The van der Waals surface area contributed by atoms with Gasteiger partial charge in [0.1, 0.15) is 16.0 Å². The summed E-state index contributed by atoms with van der Waals surface area (Å²) in [5, 5.41) is 9.31. The van der Waals surface area contributed by atoms with Crippen LogP contribution < -0.4 is 16.0 Å². The van der Waals surface area contributed by atoms with Crippen molar-refractivity contribution in [3.05, 3.63) is 112 Å². The summed E-state index contributed by atoms with van der Waals surface area (Å²) in [6, 6.07) is 14.0. The van der Waals surface area contributed by atoms with Crippen LogP contribution >= 0.6 is 22.9 Å². The zero-order valence-corrected chi connectivity index (χ0v) is 32.3. The van der Waals surface area contributed by atoms with Crippen LogP contribution in [0.3, 0.4) is 0 Å². The maximum absolute atomic E-state index is 13.1. The van der Waals surface area contributed by atoms with Crippen molar-refractivity contribution in [1.29, 1.82) is 0 Å².